The van der Waals surface area contributed by atoms with Gasteiger partial charge in [0.25, 0.3) is 11.6 Å². The number of nitriles is 1. The van der Waals surface area contributed by atoms with Gasteiger partial charge in [-0.2, -0.15) is 5.26 Å². The van der Waals surface area contributed by atoms with E-state index in [1.807, 2.05) is 25.1 Å². The largest absolute Gasteiger partial charge is 0.496 e. The normalized spacial score (nSPS) is 10.9. The maximum Gasteiger partial charge on any atom is 0.270 e. The Morgan fingerprint density at radius 1 is 1.23 bits per heavy atom. The van der Waals surface area contributed by atoms with E-state index in [-0.39, 0.29) is 17.0 Å². The van der Waals surface area contributed by atoms with Crippen molar-refractivity contribution < 1.29 is 18.9 Å². The number of para-hydroxylation sites is 1. The minimum absolute atomic E-state index is 0.116. The van der Waals surface area contributed by atoms with Crippen molar-refractivity contribution in [2.24, 2.45) is 0 Å². The van der Waals surface area contributed by atoms with Crippen molar-refractivity contribution in [1.82, 2.24) is 0 Å². The van der Waals surface area contributed by atoms with Gasteiger partial charge in [0.05, 0.1) is 17.6 Å². The second kappa shape index (κ2) is 8.75. The molecule has 3 aromatic rings. The van der Waals surface area contributed by atoms with Gasteiger partial charge in [0.15, 0.2) is 0 Å². The second-order valence-corrected chi connectivity index (χ2v) is 6.28. The number of ether oxygens (including phenoxy) is 1. The lowest BCUT2D eigenvalue weighted by atomic mass is 10.1. The predicted molar refractivity (Wildman–Crippen MR) is 111 cm³/mol. The standard InChI is InChI=1S/C22H17N3O5/c1-14-5-3-4-6-19(14)24-22(26)15(13-23)11-17-8-10-21(30-17)18-12-16(25(27)28)7-9-20(18)29-2/h3-12H,1-2H3,(H,24,26). The van der Waals surface area contributed by atoms with Crippen LogP contribution in [0.25, 0.3) is 17.4 Å². The lowest BCUT2D eigenvalue weighted by molar-refractivity contribution is -0.384. The molecule has 1 aromatic heterocycles. The van der Waals surface area contributed by atoms with Crippen LogP contribution in [-0.4, -0.2) is 17.9 Å². The van der Waals surface area contributed by atoms with E-state index < -0.39 is 10.8 Å². The molecule has 0 radical (unpaired) electrons. The Labute approximate surface area is 172 Å². The third-order valence-electron chi connectivity index (χ3n) is 4.33. The van der Waals surface area contributed by atoms with Crippen molar-refractivity contribution in [2.45, 2.75) is 6.92 Å². The van der Waals surface area contributed by atoms with Gasteiger partial charge in [-0.1, -0.05) is 18.2 Å². The number of anilines is 1. The number of hydrogen-bond donors (Lipinski definition) is 1. The van der Waals surface area contributed by atoms with Crippen molar-refractivity contribution in [1.29, 1.82) is 5.26 Å². The Kier molecular flexibility index (Phi) is 5.94. The molecular weight excluding hydrogens is 386 g/mol. The minimum atomic E-state index is -0.572. The summed E-state index contributed by atoms with van der Waals surface area (Å²) in [6.45, 7) is 1.84. The summed E-state index contributed by atoms with van der Waals surface area (Å²) in [7, 11) is 1.44. The first kappa shape index (κ1) is 20.4. The highest BCUT2D eigenvalue weighted by Gasteiger charge is 2.17. The van der Waals surface area contributed by atoms with E-state index in [2.05, 4.69) is 5.32 Å². The molecule has 2 aromatic carbocycles. The highest BCUT2D eigenvalue weighted by molar-refractivity contribution is 6.09. The molecule has 0 aliphatic carbocycles. The Morgan fingerprint density at radius 3 is 2.67 bits per heavy atom. The van der Waals surface area contributed by atoms with Crippen LogP contribution in [0.15, 0.2) is 64.6 Å². The summed E-state index contributed by atoms with van der Waals surface area (Å²) >= 11 is 0. The molecule has 1 amide bonds. The van der Waals surface area contributed by atoms with Gasteiger partial charge in [-0.25, -0.2) is 0 Å². The van der Waals surface area contributed by atoms with Gasteiger partial charge >= 0.3 is 0 Å². The number of nitro benzene ring substituents is 1. The number of nitrogens with zero attached hydrogens (tertiary/aromatic N) is 2. The van der Waals surface area contributed by atoms with Crippen LogP contribution in [0.1, 0.15) is 11.3 Å². The first-order valence-corrected chi connectivity index (χ1v) is 8.84. The highest BCUT2D eigenvalue weighted by atomic mass is 16.6. The van der Waals surface area contributed by atoms with Crippen molar-refractivity contribution in [2.75, 3.05) is 12.4 Å². The average molecular weight is 403 g/mol. The van der Waals surface area contributed by atoms with Crippen molar-refractivity contribution in [3.63, 3.8) is 0 Å². The fourth-order valence-electron chi connectivity index (χ4n) is 2.77. The molecule has 3 rings (SSSR count). The van der Waals surface area contributed by atoms with E-state index in [0.29, 0.717) is 22.8 Å². The van der Waals surface area contributed by atoms with Crippen molar-refractivity contribution in [3.05, 3.63) is 81.6 Å². The molecule has 1 N–H and O–H groups in total. The third-order valence-corrected chi connectivity index (χ3v) is 4.33. The summed E-state index contributed by atoms with van der Waals surface area (Å²) in [6, 6.07) is 16.4. The highest BCUT2D eigenvalue weighted by Crippen LogP contribution is 2.34. The molecular formula is C22H17N3O5. The lowest BCUT2D eigenvalue weighted by Gasteiger charge is -2.07. The third kappa shape index (κ3) is 4.36. The average Bonchev–Trinajstić information content (AvgIpc) is 3.21. The van der Waals surface area contributed by atoms with E-state index in [1.54, 1.807) is 24.3 Å². The van der Waals surface area contributed by atoms with E-state index in [1.165, 1.54) is 31.4 Å². The number of aryl methyl sites for hydroxylation is 1. The molecule has 0 bridgehead atoms. The van der Waals surface area contributed by atoms with Crippen LogP contribution in [0.4, 0.5) is 11.4 Å². The van der Waals surface area contributed by atoms with Crippen LogP contribution in [-0.2, 0) is 4.79 Å². The van der Waals surface area contributed by atoms with E-state index >= 15 is 0 Å². The summed E-state index contributed by atoms with van der Waals surface area (Å²) in [5.74, 6) is 0.370. The number of rotatable bonds is 6. The van der Waals surface area contributed by atoms with Gasteiger partial charge < -0.3 is 14.5 Å². The summed E-state index contributed by atoms with van der Waals surface area (Å²) in [5, 5.41) is 23.2. The van der Waals surface area contributed by atoms with Crippen LogP contribution >= 0.6 is 0 Å². The van der Waals surface area contributed by atoms with Crippen LogP contribution < -0.4 is 10.1 Å². The fourth-order valence-corrected chi connectivity index (χ4v) is 2.77. The Hall–Kier alpha value is -4.38. The number of non-ortho nitro benzene ring substituents is 1. The number of hydrogen-bond acceptors (Lipinski definition) is 6. The summed E-state index contributed by atoms with van der Waals surface area (Å²) in [5.41, 5.74) is 1.58. The molecule has 0 saturated carbocycles. The molecule has 0 aliphatic heterocycles. The maximum absolute atomic E-state index is 12.5. The van der Waals surface area contributed by atoms with Crippen molar-refractivity contribution in [3.8, 4) is 23.1 Å². The van der Waals surface area contributed by atoms with E-state index in [0.717, 1.165) is 5.56 Å². The van der Waals surface area contributed by atoms with Crippen LogP contribution in [0.2, 0.25) is 0 Å². The fraction of sp³-hybridized carbons (Fsp3) is 0.0909. The summed E-state index contributed by atoms with van der Waals surface area (Å²) in [6.07, 6.45) is 1.31. The second-order valence-electron chi connectivity index (χ2n) is 6.28. The zero-order chi connectivity index (χ0) is 21.7. The number of benzene rings is 2. The lowest BCUT2D eigenvalue weighted by Crippen LogP contribution is -2.14. The molecule has 8 heteroatoms. The Morgan fingerprint density at radius 2 is 2.00 bits per heavy atom. The maximum atomic E-state index is 12.5. The van der Waals surface area contributed by atoms with E-state index in [4.69, 9.17) is 9.15 Å². The SMILES string of the molecule is COc1ccc([N+](=O)[O-])cc1-c1ccc(C=C(C#N)C(=O)Nc2ccccc2C)o1. The zero-order valence-electron chi connectivity index (χ0n) is 16.2. The minimum Gasteiger partial charge on any atom is -0.496 e. The smallest absolute Gasteiger partial charge is 0.270 e. The number of methoxy groups -OCH3 is 1. The van der Waals surface area contributed by atoms with Gasteiger partial charge in [-0.05, 0) is 36.8 Å². The molecule has 0 aliphatic rings. The molecule has 150 valence electrons. The quantitative estimate of drug-likeness (QED) is 0.275. The topological polar surface area (TPSA) is 118 Å². The number of furan rings is 1. The van der Waals surface area contributed by atoms with Gasteiger partial charge in [-0.15, -0.1) is 0 Å². The van der Waals surface area contributed by atoms with Gasteiger partial charge in [0, 0.05) is 23.9 Å². The Balaban J connectivity index is 1.90. The molecule has 0 spiro atoms. The number of carbonyl (C=O) groups is 1. The van der Waals surface area contributed by atoms with Crippen molar-refractivity contribution >= 4 is 23.4 Å². The first-order valence-electron chi connectivity index (χ1n) is 8.84. The van der Waals surface area contributed by atoms with Crippen LogP contribution in [0, 0.1) is 28.4 Å². The summed E-state index contributed by atoms with van der Waals surface area (Å²) in [4.78, 5) is 23.0. The van der Waals surface area contributed by atoms with Gasteiger partial charge in [0.1, 0.15) is 28.9 Å². The molecule has 0 unspecified atom stereocenters. The molecule has 8 nitrogen and oxygen atoms in total. The number of carbonyl (C=O) groups excluding carboxylic acids is 1. The van der Waals surface area contributed by atoms with Gasteiger partial charge in [0.2, 0.25) is 0 Å². The number of nitro groups is 1. The molecule has 1 heterocycles. The zero-order valence-corrected chi connectivity index (χ0v) is 16.2. The summed E-state index contributed by atoms with van der Waals surface area (Å²) < 4.78 is 10.9. The number of nitrogens with one attached hydrogen (secondary N) is 1. The molecule has 0 fully saturated rings. The predicted octanol–water partition coefficient (Wildman–Crippen LogP) is 4.72. The van der Waals surface area contributed by atoms with Crippen LogP contribution in [0.5, 0.6) is 5.75 Å². The first-order chi connectivity index (χ1) is 14.4. The number of amides is 1. The van der Waals surface area contributed by atoms with Crippen LogP contribution in [0.3, 0.4) is 0 Å². The molecule has 0 atom stereocenters. The molecule has 30 heavy (non-hydrogen) atoms. The van der Waals surface area contributed by atoms with Gasteiger partial charge in [-0.3, -0.25) is 14.9 Å². The monoisotopic (exact) mass is 403 g/mol. The van der Waals surface area contributed by atoms with E-state index in [9.17, 15) is 20.2 Å². The molecule has 0 saturated heterocycles. The Bertz CT molecular complexity index is 1190.